The maximum atomic E-state index is 12.9. The van der Waals surface area contributed by atoms with Crippen molar-refractivity contribution in [3.8, 4) is 0 Å². The number of benzene rings is 1. The SMILES string of the molecule is CC(C)/C(=C/c1ccc(F)c(Cl)c1)[N+](=O)[O-]. The summed E-state index contributed by atoms with van der Waals surface area (Å²) in [5, 5.41) is 10.7. The third kappa shape index (κ3) is 3.03. The summed E-state index contributed by atoms with van der Waals surface area (Å²) in [5.74, 6) is -0.746. The van der Waals surface area contributed by atoms with Gasteiger partial charge in [0.15, 0.2) is 0 Å². The Balaban J connectivity index is 3.13. The van der Waals surface area contributed by atoms with Crippen molar-refractivity contribution < 1.29 is 9.31 Å². The smallest absolute Gasteiger partial charge is 0.249 e. The van der Waals surface area contributed by atoms with Crippen LogP contribution in [0.3, 0.4) is 0 Å². The van der Waals surface area contributed by atoms with Gasteiger partial charge in [0.05, 0.1) is 9.95 Å². The first kappa shape index (κ1) is 12.6. The Morgan fingerprint density at radius 3 is 2.62 bits per heavy atom. The molecule has 1 aromatic carbocycles. The molecule has 0 bridgehead atoms. The summed E-state index contributed by atoms with van der Waals surface area (Å²) in [6.45, 7) is 3.44. The van der Waals surface area contributed by atoms with Gasteiger partial charge in [-0.15, -0.1) is 0 Å². The third-order valence-corrected chi connectivity index (χ3v) is 2.35. The van der Waals surface area contributed by atoms with E-state index in [0.29, 0.717) is 5.56 Å². The second-order valence-electron chi connectivity index (χ2n) is 3.65. The van der Waals surface area contributed by atoms with Gasteiger partial charge in [-0.25, -0.2) is 4.39 Å². The second kappa shape index (κ2) is 5.07. The van der Waals surface area contributed by atoms with Crippen molar-refractivity contribution in [3.05, 3.63) is 50.4 Å². The average Bonchev–Trinajstić information content (AvgIpc) is 2.18. The summed E-state index contributed by atoms with van der Waals surface area (Å²) < 4.78 is 12.9. The summed E-state index contributed by atoms with van der Waals surface area (Å²) in [6.07, 6.45) is 1.40. The van der Waals surface area contributed by atoms with Gasteiger partial charge in [0.25, 0.3) is 0 Å². The Hall–Kier alpha value is -1.42. The van der Waals surface area contributed by atoms with Crippen LogP contribution in [-0.2, 0) is 0 Å². The zero-order valence-electron chi connectivity index (χ0n) is 8.91. The van der Waals surface area contributed by atoms with Crippen LogP contribution in [-0.4, -0.2) is 4.92 Å². The first-order valence-electron chi connectivity index (χ1n) is 4.73. The quantitative estimate of drug-likeness (QED) is 0.599. The molecule has 0 aromatic heterocycles. The highest BCUT2D eigenvalue weighted by Crippen LogP contribution is 2.20. The highest BCUT2D eigenvalue weighted by atomic mass is 35.5. The van der Waals surface area contributed by atoms with Crippen molar-refractivity contribution in [1.29, 1.82) is 0 Å². The molecule has 86 valence electrons. The molecule has 0 aliphatic carbocycles. The van der Waals surface area contributed by atoms with E-state index >= 15 is 0 Å². The molecule has 5 heteroatoms. The molecule has 16 heavy (non-hydrogen) atoms. The fourth-order valence-electron chi connectivity index (χ4n) is 1.20. The highest BCUT2D eigenvalue weighted by Gasteiger charge is 2.15. The van der Waals surface area contributed by atoms with E-state index in [4.69, 9.17) is 11.6 Å². The molecule has 0 heterocycles. The van der Waals surface area contributed by atoms with Crippen molar-refractivity contribution in [3.63, 3.8) is 0 Å². The highest BCUT2D eigenvalue weighted by molar-refractivity contribution is 6.30. The van der Waals surface area contributed by atoms with Gasteiger partial charge in [-0.1, -0.05) is 31.5 Å². The Kier molecular flexibility index (Phi) is 4.01. The lowest BCUT2D eigenvalue weighted by atomic mass is 10.1. The zero-order chi connectivity index (χ0) is 12.3. The monoisotopic (exact) mass is 243 g/mol. The number of hydrogen-bond donors (Lipinski definition) is 0. The summed E-state index contributed by atoms with van der Waals surface area (Å²) in [7, 11) is 0. The Morgan fingerprint density at radius 1 is 1.56 bits per heavy atom. The Labute approximate surface area is 97.7 Å². The standard InChI is InChI=1S/C11H11ClFNO2/c1-7(2)11(14(15)16)6-8-3-4-10(13)9(12)5-8/h3-7H,1-2H3/b11-6-. The molecular formula is C11H11ClFNO2. The molecule has 0 spiro atoms. The average molecular weight is 244 g/mol. The number of nitrogens with zero attached hydrogens (tertiary/aromatic N) is 1. The molecule has 0 atom stereocenters. The fourth-order valence-corrected chi connectivity index (χ4v) is 1.39. The van der Waals surface area contributed by atoms with Gasteiger partial charge in [0, 0.05) is 12.0 Å². The molecule has 0 N–H and O–H groups in total. The molecule has 0 fully saturated rings. The van der Waals surface area contributed by atoms with Gasteiger partial charge >= 0.3 is 0 Å². The van der Waals surface area contributed by atoms with Crippen molar-refractivity contribution in [2.75, 3.05) is 0 Å². The summed E-state index contributed by atoms with van der Waals surface area (Å²) >= 11 is 5.58. The minimum absolute atomic E-state index is 0.0415. The van der Waals surface area contributed by atoms with Crippen LogP contribution in [0.1, 0.15) is 19.4 Å². The van der Waals surface area contributed by atoms with Gasteiger partial charge in [-0.3, -0.25) is 10.1 Å². The summed E-state index contributed by atoms with van der Waals surface area (Å²) in [6, 6.07) is 4.00. The van der Waals surface area contributed by atoms with Gasteiger partial charge in [-0.05, 0) is 17.7 Å². The number of halogens is 2. The number of nitro groups is 1. The van der Waals surface area contributed by atoms with E-state index in [9.17, 15) is 14.5 Å². The largest absolute Gasteiger partial charge is 0.259 e. The molecule has 0 unspecified atom stereocenters. The predicted molar refractivity (Wildman–Crippen MR) is 61.2 cm³/mol. The molecule has 0 radical (unpaired) electrons. The van der Waals surface area contributed by atoms with Crippen LogP contribution in [0.2, 0.25) is 5.02 Å². The first-order valence-corrected chi connectivity index (χ1v) is 5.10. The van der Waals surface area contributed by atoms with Crippen LogP contribution < -0.4 is 0 Å². The van der Waals surface area contributed by atoms with Gasteiger partial charge in [-0.2, -0.15) is 0 Å². The Bertz CT molecular complexity index is 444. The predicted octanol–water partition coefficient (Wildman–Crippen LogP) is 3.75. The molecular weight excluding hydrogens is 233 g/mol. The zero-order valence-corrected chi connectivity index (χ0v) is 9.66. The van der Waals surface area contributed by atoms with Crippen LogP contribution in [0.25, 0.3) is 6.08 Å². The van der Waals surface area contributed by atoms with Gasteiger partial charge in [0.1, 0.15) is 5.82 Å². The molecule has 0 amide bonds. The van der Waals surface area contributed by atoms with Crippen LogP contribution >= 0.6 is 11.6 Å². The normalized spacial score (nSPS) is 11.9. The number of allylic oxidation sites excluding steroid dienone is 1. The molecule has 1 aromatic rings. The molecule has 0 aliphatic heterocycles. The molecule has 1 rings (SSSR count). The maximum Gasteiger partial charge on any atom is 0.249 e. The maximum absolute atomic E-state index is 12.9. The molecule has 0 saturated heterocycles. The van der Waals surface area contributed by atoms with Crippen LogP contribution in [0.15, 0.2) is 23.9 Å². The Morgan fingerprint density at radius 2 is 2.19 bits per heavy atom. The lowest BCUT2D eigenvalue weighted by molar-refractivity contribution is -0.431. The van der Waals surface area contributed by atoms with Crippen molar-refractivity contribution >= 4 is 17.7 Å². The van der Waals surface area contributed by atoms with Crippen LogP contribution in [0, 0.1) is 21.8 Å². The fraction of sp³-hybridized carbons (Fsp3) is 0.273. The topological polar surface area (TPSA) is 43.1 Å². The van der Waals surface area contributed by atoms with Crippen LogP contribution in [0.5, 0.6) is 0 Å². The third-order valence-electron chi connectivity index (χ3n) is 2.06. The number of hydrogen-bond acceptors (Lipinski definition) is 2. The van der Waals surface area contributed by atoms with Crippen molar-refractivity contribution in [2.24, 2.45) is 5.92 Å². The van der Waals surface area contributed by atoms with Crippen molar-refractivity contribution in [2.45, 2.75) is 13.8 Å². The van der Waals surface area contributed by atoms with Crippen molar-refractivity contribution in [1.82, 2.24) is 0 Å². The minimum Gasteiger partial charge on any atom is -0.259 e. The number of rotatable bonds is 3. The molecule has 0 saturated carbocycles. The van der Waals surface area contributed by atoms with E-state index in [2.05, 4.69) is 0 Å². The minimum atomic E-state index is -0.536. The van der Waals surface area contributed by atoms with E-state index < -0.39 is 10.7 Å². The summed E-state index contributed by atoms with van der Waals surface area (Å²) in [5.41, 5.74) is 0.592. The molecule has 3 nitrogen and oxygen atoms in total. The van der Waals surface area contributed by atoms with E-state index in [0.717, 1.165) is 0 Å². The summed E-state index contributed by atoms with van der Waals surface area (Å²) in [4.78, 5) is 10.3. The second-order valence-corrected chi connectivity index (χ2v) is 4.06. The van der Waals surface area contributed by atoms with Crippen LogP contribution in [0.4, 0.5) is 4.39 Å². The first-order chi connectivity index (χ1) is 7.41. The van der Waals surface area contributed by atoms with E-state index in [1.807, 2.05) is 0 Å². The van der Waals surface area contributed by atoms with Gasteiger partial charge in [0.2, 0.25) is 5.70 Å². The lowest BCUT2D eigenvalue weighted by Gasteiger charge is -2.02. The van der Waals surface area contributed by atoms with E-state index in [1.54, 1.807) is 13.8 Å². The van der Waals surface area contributed by atoms with Gasteiger partial charge < -0.3 is 0 Å². The lowest BCUT2D eigenvalue weighted by Crippen LogP contribution is -2.05. The van der Waals surface area contributed by atoms with E-state index in [-0.39, 0.29) is 16.6 Å². The van der Waals surface area contributed by atoms with E-state index in [1.165, 1.54) is 24.3 Å². The molecule has 0 aliphatic rings.